The molecule has 32 heavy (non-hydrogen) atoms. The molecule has 4 rings (SSSR count). The second-order valence-corrected chi connectivity index (χ2v) is 7.88. The van der Waals surface area contributed by atoms with Gasteiger partial charge < -0.3 is 4.74 Å². The average Bonchev–Trinajstić information content (AvgIpc) is 2.85. The quantitative estimate of drug-likeness (QED) is 0.282. The molecule has 3 nitrogen and oxygen atoms in total. The summed E-state index contributed by atoms with van der Waals surface area (Å²) in [7, 11) is 0. The summed E-state index contributed by atoms with van der Waals surface area (Å²) < 4.78 is 6.18. The van der Waals surface area contributed by atoms with Gasteiger partial charge in [-0.3, -0.25) is 9.69 Å². The Morgan fingerprint density at radius 3 is 1.69 bits per heavy atom. The van der Waals surface area contributed by atoms with Gasteiger partial charge in [-0.05, 0) is 34.9 Å². The minimum Gasteiger partial charge on any atom is -0.489 e. The van der Waals surface area contributed by atoms with Crippen LogP contribution >= 0.6 is 0 Å². The predicted molar refractivity (Wildman–Crippen MR) is 128 cm³/mol. The fraction of sp³-hybridized carbons (Fsp3) is 0.138. The van der Waals surface area contributed by atoms with Gasteiger partial charge in [0.15, 0.2) is 0 Å². The molecule has 160 valence electrons. The molecular weight excluding hydrogens is 394 g/mol. The van der Waals surface area contributed by atoms with Crippen molar-refractivity contribution >= 4 is 6.29 Å². The summed E-state index contributed by atoms with van der Waals surface area (Å²) in [5.74, 6) is 0.811. The van der Waals surface area contributed by atoms with Crippen molar-refractivity contribution in [2.75, 3.05) is 0 Å². The lowest BCUT2D eigenvalue weighted by atomic mass is 10.1. The largest absolute Gasteiger partial charge is 0.489 e. The highest BCUT2D eigenvalue weighted by Gasteiger charge is 2.13. The van der Waals surface area contributed by atoms with Crippen molar-refractivity contribution in [3.8, 4) is 5.75 Å². The number of rotatable bonds is 10. The predicted octanol–water partition coefficient (Wildman–Crippen LogP) is 6.28. The number of hydrogen-bond donors (Lipinski definition) is 0. The summed E-state index contributed by atoms with van der Waals surface area (Å²) in [5, 5.41) is 0. The van der Waals surface area contributed by atoms with Crippen molar-refractivity contribution in [3.05, 3.63) is 137 Å². The maximum atomic E-state index is 11.5. The number of carbonyl (C=O) groups is 1. The van der Waals surface area contributed by atoms with Crippen LogP contribution in [0.25, 0.3) is 0 Å². The first-order valence-corrected chi connectivity index (χ1v) is 10.9. The van der Waals surface area contributed by atoms with Crippen LogP contribution in [0, 0.1) is 0 Å². The van der Waals surface area contributed by atoms with Crippen LogP contribution in [0.15, 0.2) is 109 Å². The van der Waals surface area contributed by atoms with Gasteiger partial charge in [0.2, 0.25) is 0 Å². The number of aldehydes is 1. The molecule has 4 aromatic carbocycles. The Balaban J connectivity index is 1.58. The minimum atomic E-state index is 0.492. The van der Waals surface area contributed by atoms with E-state index in [1.807, 2.05) is 48.5 Å². The molecule has 0 spiro atoms. The molecule has 0 amide bonds. The van der Waals surface area contributed by atoms with E-state index in [2.05, 4.69) is 65.6 Å². The van der Waals surface area contributed by atoms with Gasteiger partial charge in [-0.2, -0.15) is 0 Å². The minimum absolute atomic E-state index is 0.492. The van der Waals surface area contributed by atoms with Gasteiger partial charge in [-0.25, -0.2) is 0 Å². The highest BCUT2D eigenvalue weighted by atomic mass is 16.5. The summed E-state index contributed by atoms with van der Waals surface area (Å²) in [6.45, 7) is 2.78. The normalized spacial score (nSPS) is 10.8. The molecule has 4 aromatic rings. The third-order valence-electron chi connectivity index (χ3n) is 5.35. The van der Waals surface area contributed by atoms with E-state index in [1.54, 1.807) is 0 Å². The number of nitrogens with zero attached hydrogens (tertiary/aromatic N) is 1. The van der Waals surface area contributed by atoms with Crippen molar-refractivity contribution in [1.82, 2.24) is 4.90 Å². The highest BCUT2D eigenvalue weighted by Crippen LogP contribution is 2.24. The summed E-state index contributed by atoms with van der Waals surface area (Å²) >= 11 is 0. The van der Waals surface area contributed by atoms with Crippen LogP contribution in [0.4, 0.5) is 0 Å². The third kappa shape index (κ3) is 6.16. The third-order valence-corrected chi connectivity index (χ3v) is 5.35. The maximum absolute atomic E-state index is 11.5. The molecule has 0 aliphatic rings. The second kappa shape index (κ2) is 11.1. The van der Waals surface area contributed by atoms with Gasteiger partial charge in [0, 0.05) is 30.8 Å². The van der Waals surface area contributed by atoms with Crippen LogP contribution < -0.4 is 4.74 Å². The Kier molecular flexibility index (Phi) is 7.46. The maximum Gasteiger partial charge on any atom is 0.150 e. The fourth-order valence-electron chi connectivity index (χ4n) is 3.76. The molecule has 3 heteroatoms. The molecule has 0 bridgehead atoms. The molecule has 0 radical (unpaired) electrons. The zero-order valence-electron chi connectivity index (χ0n) is 18.1. The molecule has 0 saturated heterocycles. The molecule has 0 atom stereocenters. The Morgan fingerprint density at radius 1 is 0.625 bits per heavy atom. The SMILES string of the molecule is O=Cc1ccc(OCc2ccccc2)c(CN(Cc2ccccc2)Cc2ccccc2)c1. The van der Waals surface area contributed by atoms with E-state index in [1.165, 1.54) is 11.1 Å². The summed E-state index contributed by atoms with van der Waals surface area (Å²) in [6, 6.07) is 36.7. The van der Waals surface area contributed by atoms with Crippen LogP contribution in [0.1, 0.15) is 32.6 Å². The van der Waals surface area contributed by atoms with Crippen LogP contribution in [0.2, 0.25) is 0 Å². The first kappa shape index (κ1) is 21.5. The Hall–Kier alpha value is -3.69. The summed E-state index contributed by atoms with van der Waals surface area (Å²) in [5.41, 5.74) is 5.29. The van der Waals surface area contributed by atoms with Crippen molar-refractivity contribution in [2.45, 2.75) is 26.2 Å². The van der Waals surface area contributed by atoms with Crippen molar-refractivity contribution < 1.29 is 9.53 Å². The standard InChI is InChI=1S/C29H27NO2/c31-22-27-16-17-29(32-23-26-14-8-3-9-15-26)28(18-27)21-30(19-24-10-4-1-5-11-24)20-25-12-6-2-7-13-25/h1-18,22H,19-21,23H2. The number of hydrogen-bond acceptors (Lipinski definition) is 3. The first-order valence-electron chi connectivity index (χ1n) is 10.9. The van der Waals surface area contributed by atoms with Gasteiger partial charge in [-0.1, -0.05) is 91.0 Å². The molecule has 0 aromatic heterocycles. The van der Waals surface area contributed by atoms with E-state index < -0.39 is 0 Å². The number of benzene rings is 4. The summed E-state index contributed by atoms with van der Waals surface area (Å²) in [4.78, 5) is 13.8. The Labute approximate surface area is 189 Å². The summed E-state index contributed by atoms with van der Waals surface area (Å²) in [6.07, 6.45) is 0.892. The van der Waals surface area contributed by atoms with Crippen LogP contribution in [0.3, 0.4) is 0 Å². The lowest BCUT2D eigenvalue weighted by Crippen LogP contribution is -2.23. The van der Waals surface area contributed by atoms with E-state index in [4.69, 9.17) is 4.74 Å². The molecule has 0 fully saturated rings. The lowest BCUT2D eigenvalue weighted by Gasteiger charge is -2.24. The van der Waals surface area contributed by atoms with Gasteiger partial charge in [0.1, 0.15) is 18.6 Å². The van der Waals surface area contributed by atoms with Crippen molar-refractivity contribution in [2.24, 2.45) is 0 Å². The zero-order valence-corrected chi connectivity index (χ0v) is 18.1. The van der Waals surface area contributed by atoms with Crippen molar-refractivity contribution in [1.29, 1.82) is 0 Å². The van der Waals surface area contributed by atoms with Gasteiger partial charge in [0.05, 0.1) is 0 Å². The Bertz CT molecular complexity index is 1070. The first-order chi connectivity index (χ1) is 15.8. The van der Waals surface area contributed by atoms with E-state index >= 15 is 0 Å². The van der Waals surface area contributed by atoms with Crippen LogP contribution in [0.5, 0.6) is 5.75 Å². The molecule has 0 saturated carbocycles. The molecule has 0 unspecified atom stereocenters. The van der Waals surface area contributed by atoms with E-state index in [0.29, 0.717) is 18.7 Å². The molecule has 0 heterocycles. The monoisotopic (exact) mass is 421 g/mol. The zero-order chi connectivity index (χ0) is 22.0. The smallest absolute Gasteiger partial charge is 0.150 e. The molecule has 0 N–H and O–H groups in total. The van der Waals surface area contributed by atoms with Gasteiger partial charge in [0.25, 0.3) is 0 Å². The van der Waals surface area contributed by atoms with E-state index in [0.717, 1.165) is 36.3 Å². The van der Waals surface area contributed by atoms with Gasteiger partial charge in [-0.15, -0.1) is 0 Å². The Morgan fingerprint density at radius 2 is 1.16 bits per heavy atom. The fourth-order valence-corrected chi connectivity index (χ4v) is 3.76. The average molecular weight is 422 g/mol. The van der Waals surface area contributed by atoms with E-state index in [-0.39, 0.29) is 0 Å². The van der Waals surface area contributed by atoms with E-state index in [9.17, 15) is 4.79 Å². The lowest BCUT2D eigenvalue weighted by molar-refractivity contribution is 0.112. The molecule has 0 aliphatic carbocycles. The second-order valence-electron chi connectivity index (χ2n) is 7.88. The highest BCUT2D eigenvalue weighted by molar-refractivity contribution is 5.75. The molecule has 0 aliphatic heterocycles. The van der Waals surface area contributed by atoms with Gasteiger partial charge >= 0.3 is 0 Å². The van der Waals surface area contributed by atoms with Crippen molar-refractivity contribution in [3.63, 3.8) is 0 Å². The number of carbonyl (C=O) groups excluding carboxylic acids is 1. The number of ether oxygens (including phenoxy) is 1. The van der Waals surface area contributed by atoms with Crippen LogP contribution in [-0.4, -0.2) is 11.2 Å². The van der Waals surface area contributed by atoms with Crippen LogP contribution in [-0.2, 0) is 26.2 Å². The topological polar surface area (TPSA) is 29.5 Å². The molecular formula is C29H27NO2.